The van der Waals surface area contributed by atoms with Crippen molar-refractivity contribution < 1.29 is 23.7 Å². The number of nitro groups is 1. The number of carbonyl (C=O) groups excluding carboxylic acids is 2. The number of amides is 1. The Morgan fingerprint density at radius 2 is 1.88 bits per heavy atom. The van der Waals surface area contributed by atoms with Crippen molar-refractivity contribution >= 4 is 34.4 Å². The van der Waals surface area contributed by atoms with Crippen molar-refractivity contribution in [3.63, 3.8) is 0 Å². The summed E-state index contributed by atoms with van der Waals surface area (Å²) in [7, 11) is 0. The van der Waals surface area contributed by atoms with Gasteiger partial charge in [0.25, 0.3) is 11.6 Å². The smallest absolute Gasteiger partial charge is 0.349 e. The molecule has 0 radical (unpaired) electrons. The van der Waals surface area contributed by atoms with Crippen molar-refractivity contribution in [2.24, 2.45) is 0 Å². The molecule has 2 heterocycles. The zero-order valence-electron chi connectivity index (χ0n) is 18.1. The quantitative estimate of drug-likeness (QED) is 0.198. The molecule has 34 heavy (non-hydrogen) atoms. The summed E-state index contributed by atoms with van der Waals surface area (Å²) in [6.45, 7) is 3.65. The van der Waals surface area contributed by atoms with Crippen LogP contribution in [0.15, 0.2) is 63.9 Å². The molecule has 11 heteroatoms. The normalized spacial score (nSPS) is 10.8. The van der Waals surface area contributed by atoms with Gasteiger partial charge in [0.15, 0.2) is 5.82 Å². The number of nitrogens with one attached hydrogen (secondary N) is 1. The molecule has 172 valence electrons. The number of aryl methyl sites for hydroxylation is 1. The van der Waals surface area contributed by atoms with E-state index in [4.69, 9.17) is 9.15 Å². The lowest BCUT2D eigenvalue weighted by atomic mass is 10.1. The van der Waals surface area contributed by atoms with Gasteiger partial charge in [-0.1, -0.05) is 17.7 Å². The minimum atomic E-state index is -0.946. The fourth-order valence-electron chi connectivity index (χ4n) is 3.27. The van der Waals surface area contributed by atoms with Crippen molar-refractivity contribution in [3.8, 4) is 5.69 Å². The second-order valence-electron chi connectivity index (χ2n) is 7.26. The van der Waals surface area contributed by atoms with Crippen molar-refractivity contribution in [1.29, 1.82) is 0 Å². The van der Waals surface area contributed by atoms with E-state index in [-0.39, 0.29) is 34.6 Å². The van der Waals surface area contributed by atoms with E-state index in [2.05, 4.69) is 10.4 Å². The van der Waals surface area contributed by atoms with E-state index >= 15 is 0 Å². The number of hydrogen-bond acceptors (Lipinski definition) is 8. The van der Waals surface area contributed by atoms with Crippen LogP contribution in [0.1, 0.15) is 33.2 Å². The molecular formula is C23H18N4O7. The highest BCUT2D eigenvalue weighted by Crippen LogP contribution is 2.24. The molecule has 0 unspecified atom stereocenters. The molecule has 0 saturated carbocycles. The van der Waals surface area contributed by atoms with Crippen LogP contribution in [0, 0.1) is 17.0 Å². The van der Waals surface area contributed by atoms with Crippen LogP contribution in [0.3, 0.4) is 0 Å². The number of carbonyl (C=O) groups is 2. The maximum absolute atomic E-state index is 13.1. The number of nitrogens with zero attached hydrogens (tertiary/aromatic N) is 3. The fraction of sp³-hybridized carbons (Fsp3) is 0.130. The Morgan fingerprint density at radius 1 is 1.15 bits per heavy atom. The molecule has 0 saturated heterocycles. The molecule has 0 aliphatic rings. The molecule has 0 atom stereocenters. The topological polar surface area (TPSA) is 147 Å². The lowest BCUT2D eigenvalue weighted by Gasteiger charge is -2.11. The number of esters is 1. The van der Waals surface area contributed by atoms with E-state index in [0.717, 1.165) is 5.56 Å². The summed E-state index contributed by atoms with van der Waals surface area (Å²) in [5, 5.41) is 18.0. The minimum Gasteiger partial charge on any atom is -0.462 e. The van der Waals surface area contributed by atoms with E-state index in [0.29, 0.717) is 5.69 Å². The summed E-state index contributed by atoms with van der Waals surface area (Å²) in [4.78, 5) is 48.5. The third-order valence-electron chi connectivity index (χ3n) is 4.95. The van der Waals surface area contributed by atoms with Crippen LogP contribution >= 0.6 is 0 Å². The molecule has 0 aliphatic heterocycles. The highest BCUT2D eigenvalue weighted by molar-refractivity contribution is 6.08. The van der Waals surface area contributed by atoms with Gasteiger partial charge in [-0.2, -0.15) is 5.10 Å². The number of nitro benzene ring substituents is 1. The van der Waals surface area contributed by atoms with Crippen molar-refractivity contribution in [2.75, 3.05) is 11.9 Å². The van der Waals surface area contributed by atoms with Gasteiger partial charge in [0.1, 0.15) is 16.7 Å². The summed E-state index contributed by atoms with van der Waals surface area (Å²) in [6.07, 6.45) is 1.25. The van der Waals surface area contributed by atoms with Crippen LogP contribution in [0.4, 0.5) is 11.5 Å². The number of hydrogen-bond donors (Lipinski definition) is 1. The molecule has 0 aliphatic carbocycles. The lowest BCUT2D eigenvalue weighted by molar-refractivity contribution is -0.384. The second kappa shape index (κ2) is 8.98. The molecular weight excluding hydrogens is 444 g/mol. The molecule has 1 amide bonds. The van der Waals surface area contributed by atoms with Crippen LogP contribution in [0.2, 0.25) is 0 Å². The monoisotopic (exact) mass is 462 g/mol. The first-order chi connectivity index (χ1) is 16.3. The Balaban J connectivity index is 1.78. The summed E-state index contributed by atoms with van der Waals surface area (Å²) in [5.74, 6) is -1.61. The van der Waals surface area contributed by atoms with Gasteiger partial charge in [-0.05, 0) is 38.1 Å². The summed E-state index contributed by atoms with van der Waals surface area (Å²) in [5.41, 5.74) is 0.0420. The number of non-ortho nitro benzene ring substituents is 1. The second-order valence-corrected chi connectivity index (χ2v) is 7.26. The number of benzene rings is 2. The van der Waals surface area contributed by atoms with E-state index in [1.807, 2.05) is 19.1 Å². The summed E-state index contributed by atoms with van der Waals surface area (Å²) < 4.78 is 11.5. The third kappa shape index (κ3) is 4.26. The Kier molecular flexibility index (Phi) is 5.92. The number of aromatic nitrogens is 2. The highest BCUT2D eigenvalue weighted by Gasteiger charge is 2.24. The third-order valence-corrected chi connectivity index (χ3v) is 4.95. The van der Waals surface area contributed by atoms with Crippen molar-refractivity contribution in [1.82, 2.24) is 9.78 Å². The molecule has 0 fully saturated rings. The Bertz CT molecular complexity index is 1490. The molecule has 2 aromatic carbocycles. The predicted octanol–water partition coefficient (Wildman–Crippen LogP) is 3.62. The van der Waals surface area contributed by atoms with E-state index in [1.165, 1.54) is 35.1 Å². The van der Waals surface area contributed by atoms with Gasteiger partial charge in [0.05, 0.1) is 23.4 Å². The SMILES string of the molecule is CCOC(=O)c1cnn(-c2ccc(C)cc2)c1NC(=O)c1cc2cc([N+](=O)[O-])ccc2oc1=O. The van der Waals surface area contributed by atoms with Crippen LogP contribution in [0.25, 0.3) is 16.7 Å². The van der Waals surface area contributed by atoms with Gasteiger partial charge >= 0.3 is 11.6 Å². The average molecular weight is 462 g/mol. The molecule has 11 nitrogen and oxygen atoms in total. The number of rotatable bonds is 6. The van der Waals surface area contributed by atoms with Gasteiger partial charge in [-0.25, -0.2) is 14.3 Å². The van der Waals surface area contributed by atoms with Crippen LogP contribution < -0.4 is 10.9 Å². The molecule has 4 rings (SSSR count). The Labute approximate surface area is 191 Å². The van der Waals surface area contributed by atoms with Gasteiger partial charge in [0, 0.05) is 17.5 Å². The zero-order chi connectivity index (χ0) is 24.4. The fourth-order valence-corrected chi connectivity index (χ4v) is 3.27. The first-order valence-electron chi connectivity index (χ1n) is 10.1. The van der Waals surface area contributed by atoms with Crippen molar-refractivity contribution in [3.05, 3.63) is 92.0 Å². The maximum Gasteiger partial charge on any atom is 0.349 e. The van der Waals surface area contributed by atoms with Crippen molar-refractivity contribution in [2.45, 2.75) is 13.8 Å². The van der Waals surface area contributed by atoms with E-state index in [1.54, 1.807) is 19.1 Å². The summed E-state index contributed by atoms with van der Waals surface area (Å²) in [6, 6.07) is 12.0. The first kappa shape index (κ1) is 22.4. The number of anilines is 1. The lowest BCUT2D eigenvalue weighted by Crippen LogP contribution is -2.23. The maximum atomic E-state index is 13.1. The average Bonchev–Trinajstić information content (AvgIpc) is 3.22. The molecule has 1 N–H and O–H groups in total. The van der Waals surface area contributed by atoms with E-state index < -0.39 is 28.0 Å². The van der Waals surface area contributed by atoms with Gasteiger partial charge in [0.2, 0.25) is 0 Å². The number of ether oxygens (including phenoxy) is 1. The van der Waals surface area contributed by atoms with Gasteiger partial charge < -0.3 is 14.5 Å². The number of fused-ring (bicyclic) bond motifs is 1. The minimum absolute atomic E-state index is 0.00848. The van der Waals surface area contributed by atoms with Crippen LogP contribution in [-0.2, 0) is 4.74 Å². The van der Waals surface area contributed by atoms with Crippen LogP contribution in [-0.4, -0.2) is 33.2 Å². The largest absolute Gasteiger partial charge is 0.462 e. The Hall–Kier alpha value is -4.80. The standard InChI is InChI=1S/C23H18N4O7/c1-3-33-22(29)18-12-24-26(15-6-4-13(2)5-7-15)20(18)25-21(28)17-11-14-10-16(27(31)32)8-9-19(14)34-23(17)30/h4-12H,3H2,1-2H3,(H,25,28). The predicted molar refractivity (Wildman–Crippen MR) is 121 cm³/mol. The zero-order valence-corrected chi connectivity index (χ0v) is 18.1. The van der Waals surface area contributed by atoms with Gasteiger partial charge in [-0.15, -0.1) is 0 Å². The molecule has 2 aromatic heterocycles. The summed E-state index contributed by atoms with van der Waals surface area (Å²) >= 11 is 0. The van der Waals surface area contributed by atoms with Crippen LogP contribution in [0.5, 0.6) is 0 Å². The molecule has 0 spiro atoms. The molecule has 4 aromatic rings. The first-order valence-corrected chi connectivity index (χ1v) is 10.1. The Morgan fingerprint density at radius 3 is 2.56 bits per heavy atom. The molecule has 0 bridgehead atoms. The van der Waals surface area contributed by atoms with E-state index in [9.17, 15) is 24.5 Å². The highest BCUT2D eigenvalue weighted by atomic mass is 16.6. The van der Waals surface area contributed by atoms with Gasteiger partial charge in [-0.3, -0.25) is 14.9 Å².